The molecule has 2 atom stereocenters. The Hall–Kier alpha value is -2.02. The summed E-state index contributed by atoms with van der Waals surface area (Å²) in [5.41, 5.74) is -0.634. The number of rotatable bonds is 4. The third kappa shape index (κ3) is 2.78. The van der Waals surface area contributed by atoms with Gasteiger partial charge in [-0.2, -0.15) is 0 Å². The summed E-state index contributed by atoms with van der Waals surface area (Å²) in [6.45, 7) is 1.69. The predicted molar refractivity (Wildman–Crippen MR) is 89.1 cm³/mol. The van der Waals surface area contributed by atoms with Gasteiger partial charge < -0.3 is 10.0 Å². The fraction of sp³-hybridized carbons (Fsp3) is 0.579. The Morgan fingerprint density at radius 3 is 2.54 bits per heavy atom. The summed E-state index contributed by atoms with van der Waals surface area (Å²) in [6.07, 6.45) is 2.86. The summed E-state index contributed by atoms with van der Waals surface area (Å²) in [5.74, 6) is -2.16. The van der Waals surface area contributed by atoms with Crippen LogP contribution in [0, 0.1) is 28.9 Å². The molecule has 2 saturated heterocycles. The minimum absolute atomic E-state index is 0.0593. The van der Waals surface area contributed by atoms with Crippen LogP contribution in [0.3, 0.4) is 0 Å². The number of carboxylic acids is 1. The third-order valence-electron chi connectivity index (χ3n) is 6.28. The Morgan fingerprint density at radius 2 is 1.96 bits per heavy atom. The minimum Gasteiger partial charge on any atom is -0.481 e. The van der Waals surface area contributed by atoms with Gasteiger partial charge in [0.05, 0.1) is 0 Å². The number of carbonyl (C=O) groups is 2. The number of benzene rings is 1. The number of hydrogen-bond acceptors (Lipinski definition) is 3. The Bertz CT molecular complexity index is 752. The number of halogens is 2. The van der Waals surface area contributed by atoms with Gasteiger partial charge in [0.2, 0.25) is 5.91 Å². The van der Waals surface area contributed by atoms with Crippen LogP contribution in [0.4, 0.5) is 8.78 Å². The molecule has 1 saturated carbocycles. The average molecular weight is 364 g/mol. The molecule has 140 valence electrons. The number of hydrogen-bond donors (Lipinski definition) is 1. The normalized spacial score (nSPS) is 28.8. The van der Waals surface area contributed by atoms with E-state index in [1.165, 1.54) is 12.1 Å². The summed E-state index contributed by atoms with van der Waals surface area (Å²) in [4.78, 5) is 28.2. The van der Waals surface area contributed by atoms with Crippen LogP contribution in [0.25, 0.3) is 0 Å². The first-order chi connectivity index (χ1) is 12.4. The molecule has 0 bridgehead atoms. The first-order valence-electron chi connectivity index (χ1n) is 9.07. The maximum atomic E-state index is 13.9. The Balaban J connectivity index is 1.48. The number of likely N-dealkylation sites (tertiary alicyclic amines) is 2. The lowest BCUT2D eigenvalue weighted by Crippen LogP contribution is -2.44. The van der Waals surface area contributed by atoms with Gasteiger partial charge >= 0.3 is 5.97 Å². The van der Waals surface area contributed by atoms with E-state index < -0.39 is 23.0 Å². The molecule has 5 nitrogen and oxygen atoms in total. The van der Waals surface area contributed by atoms with Crippen molar-refractivity contribution in [2.45, 2.75) is 25.8 Å². The highest BCUT2D eigenvalue weighted by Gasteiger charge is 2.58. The van der Waals surface area contributed by atoms with Gasteiger partial charge in [0.25, 0.3) is 0 Å². The van der Waals surface area contributed by atoms with Crippen LogP contribution >= 0.6 is 0 Å². The van der Waals surface area contributed by atoms with Gasteiger partial charge in [-0.05, 0) is 18.9 Å². The van der Waals surface area contributed by atoms with Crippen molar-refractivity contribution in [3.63, 3.8) is 0 Å². The monoisotopic (exact) mass is 364 g/mol. The van der Waals surface area contributed by atoms with Crippen LogP contribution in [0.5, 0.6) is 0 Å². The van der Waals surface area contributed by atoms with E-state index in [9.17, 15) is 23.5 Å². The first kappa shape index (κ1) is 17.4. The second kappa shape index (κ2) is 6.30. The van der Waals surface area contributed by atoms with E-state index in [0.29, 0.717) is 18.7 Å². The van der Waals surface area contributed by atoms with Crippen molar-refractivity contribution in [1.82, 2.24) is 9.80 Å². The summed E-state index contributed by atoms with van der Waals surface area (Å²) in [5, 5.41) is 9.87. The average Bonchev–Trinajstić information content (AvgIpc) is 3.03. The Labute approximate surface area is 150 Å². The molecule has 0 radical (unpaired) electrons. The highest BCUT2D eigenvalue weighted by Crippen LogP contribution is 2.44. The van der Waals surface area contributed by atoms with Crippen LogP contribution in [0.2, 0.25) is 0 Å². The molecule has 3 aliphatic rings. The fourth-order valence-corrected chi connectivity index (χ4v) is 4.56. The molecule has 3 fully saturated rings. The summed E-state index contributed by atoms with van der Waals surface area (Å²) in [6, 6.07) is 3.46. The number of carboxylic acid groups (broad SMARTS) is 1. The summed E-state index contributed by atoms with van der Waals surface area (Å²) >= 11 is 0. The topological polar surface area (TPSA) is 60.9 Å². The molecule has 0 unspecified atom stereocenters. The molecule has 2 heterocycles. The summed E-state index contributed by atoms with van der Waals surface area (Å²) in [7, 11) is 0. The Morgan fingerprint density at radius 1 is 1.19 bits per heavy atom. The molecule has 26 heavy (non-hydrogen) atoms. The maximum absolute atomic E-state index is 13.9. The minimum atomic E-state index is -0.990. The Kier molecular flexibility index (Phi) is 4.22. The van der Waals surface area contributed by atoms with E-state index in [0.717, 1.165) is 25.3 Å². The van der Waals surface area contributed by atoms with E-state index in [1.807, 2.05) is 4.90 Å². The number of carbonyl (C=O) groups excluding carboxylic acids is 1. The van der Waals surface area contributed by atoms with Crippen molar-refractivity contribution in [1.29, 1.82) is 0 Å². The molecular formula is C19H22F2N2O3. The van der Waals surface area contributed by atoms with Crippen molar-refractivity contribution >= 4 is 11.9 Å². The molecule has 0 aromatic heterocycles. The van der Waals surface area contributed by atoms with Crippen molar-refractivity contribution in [2.75, 3.05) is 26.2 Å². The lowest BCUT2D eigenvalue weighted by Gasteiger charge is -2.31. The van der Waals surface area contributed by atoms with Gasteiger partial charge in [0.15, 0.2) is 0 Å². The first-order valence-corrected chi connectivity index (χ1v) is 9.07. The molecule has 1 amide bonds. The molecule has 1 aromatic carbocycles. The zero-order valence-corrected chi connectivity index (χ0v) is 14.5. The van der Waals surface area contributed by atoms with E-state index in [2.05, 4.69) is 0 Å². The lowest BCUT2D eigenvalue weighted by molar-refractivity contribution is -0.149. The molecule has 1 aromatic rings. The quantitative estimate of drug-likeness (QED) is 0.889. The van der Waals surface area contributed by atoms with Crippen LogP contribution in [-0.2, 0) is 16.1 Å². The highest BCUT2D eigenvalue weighted by atomic mass is 19.1. The van der Waals surface area contributed by atoms with Gasteiger partial charge in [-0.3, -0.25) is 14.5 Å². The molecule has 2 aliphatic heterocycles. The van der Waals surface area contributed by atoms with Gasteiger partial charge in [0, 0.05) is 56.2 Å². The number of nitrogens with zero attached hydrogens (tertiary/aromatic N) is 2. The van der Waals surface area contributed by atoms with E-state index in [4.69, 9.17) is 0 Å². The maximum Gasteiger partial charge on any atom is 0.313 e. The van der Waals surface area contributed by atoms with E-state index in [-0.39, 0.29) is 37.4 Å². The van der Waals surface area contributed by atoms with Gasteiger partial charge in [-0.15, -0.1) is 0 Å². The fourth-order valence-electron chi connectivity index (χ4n) is 4.56. The summed E-state index contributed by atoms with van der Waals surface area (Å²) < 4.78 is 27.0. The predicted octanol–water partition coefficient (Wildman–Crippen LogP) is 2.11. The van der Waals surface area contributed by atoms with Crippen molar-refractivity contribution in [3.05, 3.63) is 35.4 Å². The number of aliphatic carboxylic acids is 1. The highest BCUT2D eigenvalue weighted by molar-refractivity contribution is 5.83. The second-order valence-electron chi connectivity index (χ2n) is 7.91. The largest absolute Gasteiger partial charge is 0.481 e. The van der Waals surface area contributed by atoms with Crippen LogP contribution in [0.15, 0.2) is 18.2 Å². The zero-order valence-electron chi connectivity index (χ0n) is 14.5. The number of amides is 1. The smallest absolute Gasteiger partial charge is 0.313 e. The van der Waals surface area contributed by atoms with Crippen LogP contribution < -0.4 is 0 Å². The molecule has 4 rings (SSSR count). The van der Waals surface area contributed by atoms with Crippen molar-refractivity contribution in [3.8, 4) is 0 Å². The van der Waals surface area contributed by atoms with Crippen LogP contribution in [0.1, 0.15) is 24.8 Å². The van der Waals surface area contributed by atoms with Gasteiger partial charge in [-0.25, -0.2) is 8.78 Å². The molecular weight excluding hydrogens is 342 g/mol. The van der Waals surface area contributed by atoms with E-state index >= 15 is 0 Å². The standard InChI is InChI=1S/C19H22F2N2O3/c20-15-5-4-13(16(21)6-15)7-22-8-14-9-23(17(24)12-2-1-3-12)11-19(14,10-22)18(25)26/h4-6,12,14H,1-3,7-11H2,(H,25,26)/t14-,19-/m1/s1. The molecule has 1 aliphatic carbocycles. The third-order valence-corrected chi connectivity index (χ3v) is 6.28. The van der Waals surface area contributed by atoms with Crippen LogP contribution in [-0.4, -0.2) is 53.0 Å². The van der Waals surface area contributed by atoms with Gasteiger partial charge in [-0.1, -0.05) is 12.5 Å². The number of fused-ring (bicyclic) bond motifs is 1. The van der Waals surface area contributed by atoms with Crippen molar-refractivity contribution < 1.29 is 23.5 Å². The lowest BCUT2D eigenvalue weighted by atomic mass is 9.81. The molecule has 7 heteroatoms. The molecule has 1 N–H and O–H groups in total. The molecule has 0 spiro atoms. The van der Waals surface area contributed by atoms with Crippen molar-refractivity contribution in [2.24, 2.45) is 17.3 Å². The second-order valence-corrected chi connectivity index (χ2v) is 7.91. The zero-order chi connectivity index (χ0) is 18.5. The SMILES string of the molecule is O=C(C1CCC1)N1C[C@H]2CN(Cc3ccc(F)cc3F)C[C@@]2(C(=O)O)C1. The van der Waals surface area contributed by atoms with Gasteiger partial charge in [0.1, 0.15) is 17.0 Å². The van der Waals surface area contributed by atoms with E-state index in [1.54, 1.807) is 4.90 Å².